The van der Waals surface area contributed by atoms with Gasteiger partial charge in [-0.3, -0.25) is 9.69 Å². The summed E-state index contributed by atoms with van der Waals surface area (Å²) >= 11 is 0. The second-order valence-electron chi connectivity index (χ2n) is 7.52. The minimum absolute atomic E-state index is 0.0370. The molecule has 2 heterocycles. The van der Waals surface area contributed by atoms with Gasteiger partial charge in [0.25, 0.3) is 0 Å². The van der Waals surface area contributed by atoms with E-state index in [9.17, 15) is 18.0 Å². The summed E-state index contributed by atoms with van der Waals surface area (Å²) in [5, 5.41) is 7.96. The van der Waals surface area contributed by atoms with E-state index in [1.807, 2.05) is 11.8 Å². The molecule has 1 atom stereocenters. The van der Waals surface area contributed by atoms with Crippen LogP contribution in [0.3, 0.4) is 0 Å². The highest BCUT2D eigenvalue weighted by molar-refractivity contribution is 5.94. The summed E-state index contributed by atoms with van der Waals surface area (Å²) in [6.07, 6.45) is -0.493. The highest BCUT2D eigenvalue weighted by Gasteiger charge is 2.36. The first-order valence-corrected chi connectivity index (χ1v) is 9.34. The molecule has 6 nitrogen and oxygen atoms in total. The molecule has 1 saturated carbocycles. The molecule has 9 heteroatoms. The highest BCUT2D eigenvalue weighted by atomic mass is 19.4. The number of hydrogen-bond donors (Lipinski definition) is 0. The lowest BCUT2D eigenvalue weighted by atomic mass is 9.90. The Hall–Kier alpha value is -2.42. The van der Waals surface area contributed by atoms with Gasteiger partial charge in [0.05, 0.1) is 12.2 Å². The Morgan fingerprint density at radius 3 is 2.68 bits per heavy atom. The third-order valence-corrected chi connectivity index (χ3v) is 5.32. The van der Waals surface area contributed by atoms with E-state index >= 15 is 0 Å². The van der Waals surface area contributed by atoms with Gasteiger partial charge in [-0.25, -0.2) is 4.68 Å². The van der Waals surface area contributed by atoms with E-state index < -0.39 is 6.36 Å². The van der Waals surface area contributed by atoms with Crippen molar-refractivity contribution in [1.82, 2.24) is 19.9 Å². The molecule has 0 radical (unpaired) electrons. The van der Waals surface area contributed by atoms with Gasteiger partial charge in [-0.2, -0.15) is 0 Å². The number of halogens is 3. The molecule has 0 bridgehead atoms. The Morgan fingerprint density at radius 1 is 1.29 bits per heavy atom. The minimum Gasteiger partial charge on any atom is -0.405 e. The molecule has 28 heavy (non-hydrogen) atoms. The van der Waals surface area contributed by atoms with E-state index in [2.05, 4.69) is 15.0 Å². The van der Waals surface area contributed by atoms with Crippen LogP contribution >= 0.6 is 0 Å². The van der Waals surface area contributed by atoms with Crippen LogP contribution in [0, 0.1) is 5.92 Å². The Labute approximate surface area is 160 Å². The summed E-state index contributed by atoms with van der Waals surface area (Å²) < 4.78 is 43.8. The van der Waals surface area contributed by atoms with Crippen LogP contribution in [0.1, 0.15) is 54.3 Å². The van der Waals surface area contributed by atoms with Crippen LogP contribution in [0.2, 0.25) is 0 Å². The molecule has 1 saturated heterocycles. The summed E-state index contributed by atoms with van der Waals surface area (Å²) in [6, 6.07) is 6.32. The zero-order valence-electron chi connectivity index (χ0n) is 15.4. The van der Waals surface area contributed by atoms with E-state index in [0.29, 0.717) is 36.8 Å². The first-order chi connectivity index (χ1) is 13.3. The summed E-state index contributed by atoms with van der Waals surface area (Å²) in [5.41, 5.74) is 0.874. The number of para-hydroxylation sites is 1. The third-order valence-electron chi connectivity index (χ3n) is 5.32. The lowest BCUT2D eigenvalue weighted by Crippen LogP contribution is -2.48. The van der Waals surface area contributed by atoms with Crippen molar-refractivity contribution in [3.05, 3.63) is 41.7 Å². The molecule has 1 aliphatic carbocycles. The van der Waals surface area contributed by atoms with Crippen molar-refractivity contribution >= 4 is 5.78 Å². The minimum atomic E-state index is -4.72. The summed E-state index contributed by atoms with van der Waals surface area (Å²) in [6.45, 7) is 3.13. The van der Waals surface area contributed by atoms with E-state index in [1.54, 1.807) is 23.0 Å². The molecule has 1 aromatic carbocycles. The van der Waals surface area contributed by atoms with Crippen LogP contribution in [0.5, 0.6) is 5.75 Å². The molecule has 150 valence electrons. The van der Waals surface area contributed by atoms with Crippen molar-refractivity contribution in [3.63, 3.8) is 0 Å². The zero-order chi connectivity index (χ0) is 19.9. The van der Waals surface area contributed by atoms with E-state index in [4.69, 9.17) is 0 Å². The van der Waals surface area contributed by atoms with Gasteiger partial charge in [-0.05, 0) is 31.7 Å². The van der Waals surface area contributed by atoms with Crippen LogP contribution in [-0.4, -0.2) is 45.1 Å². The topological polar surface area (TPSA) is 60.2 Å². The van der Waals surface area contributed by atoms with Gasteiger partial charge >= 0.3 is 6.36 Å². The van der Waals surface area contributed by atoms with E-state index in [0.717, 1.165) is 12.8 Å². The number of likely N-dealkylation sites (tertiary alicyclic amines) is 1. The van der Waals surface area contributed by atoms with Crippen LogP contribution in [0.4, 0.5) is 13.2 Å². The zero-order valence-corrected chi connectivity index (χ0v) is 15.4. The Morgan fingerprint density at radius 2 is 2.00 bits per heavy atom. The fraction of sp³-hybridized carbons (Fsp3) is 0.526. The van der Waals surface area contributed by atoms with Gasteiger partial charge in [0, 0.05) is 31.1 Å². The van der Waals surface area contributed by atoms with E-state index in [-0.39, 0.29) is 23.5 Å². The lowest BCUT2D eigenvalue weighted by molar-refractivity contribution is -0.275. The number of Topliss-reactive ketones (excluding diaryl/α,β-unsaturated/α-hetero) is 1. The van der Waals surface area contributed by atoms with Crippen molar-refractivity contribution in [3.8, 4) is 5.75 Å². The molecular weight excluding hydrogens is 373 g/mol. The molecule has 0 spiro atoms. The molecule has 2 aromatic rings. The Balaban J connectivity index is 1.33. The quantitative estimate of drug-likeness (QED) is 0.669. The lowest BCUT2D eigenvalue weighted by Gasteiger charge is -2.43. The number of nitrogens with zero attached hydrogens (tertiary/aromatic N) is 4. The number of rotatable bonds is 7. The molecule has 0 amide bonds. The largest absolute Gasteiger partial charge is 0.573 e. The van der Waals surface area contributed by atoms with Crippen LogP contribution < -0.4 is 4.74 Å². The highest BCUT2D eigenvalue weighted by Crippen LogP contribution is 2.37. The van der Waals surface area contributed by atoms with Gasteiger partial charge < -0.3 is 4.74 Å². The van der Waals surface area contributed by atoms with Crippen LogP contribution in [0.15, 0.2) is 30.5 Å². The van der Waals surface area contributed by atoms with Gasteiger partial charge in [0.1, 0.15) is 11.4 Å². The fourth-order valence-electron chi connectivity index (χ4n) is 3.58. The normalized spacial score (nSPS) is 19.3. The molecule has 0 N–H and O–H groups in total. The predicted molar refractivity (Wildman–Crippen MR) is 93.8 cm³/mol. The first kappa shape index (κ1) is 18.9. The Kier molecular flexibility index (Phi) is 4.86. The second kappa shape index (κ2) is 7.20. The second-order valence-corrected chi connectivity index (χ2v) is 7.52. The standard InChI is InChI=1S/C19H21F3N4O2/c1-12(15-4-2-3-5-18(15)28-19(20,21)22)25-9-13(10-25)8-17(27)16-11-26(24-23-16)14-6-7-14/h2-5,11-14H,6-10H2,1H3. The number of hydrogen-bond acceptors (Lipinski definition) is 5. The molecule has 4 rings (SSSR count). The van der Waals surface area contributed by atoms with Gasteiger partial charge in [-0.15, -0.1) is 18.3 Å². The monoisotopic (exact) mass is 394 g/mol. The number of benzene rings is 1. The number of ether oxygens (including phenoxy) is 1. The third kappa shape index (κ3) is 4.19. The van der Waals surface area contributed by atoms with Crippen LogP contribution in [-0.2, 0) is 0 Å². The maximum Gasteiger partial charge on any atom is 0.573 e. The van der Waals surface area contributed by atoms with Gasteiger partial charge in [0.2, 0.25) is 0 Å². The van der Waals surface area contributed by atoms with Gasteiger partial charge in [-0.1, -0.05) is 23.4 Å². The average Bonchev–Trinajstić information content (AvgIpc) is 3.33. The molecule has 2 fully saturated rings. The molecule has 1 aliphatic heterocycles. The predicted octanol–water partition coefficient (Wildman–Crippen LogP) is 3.78. The van der Waals surface area contributed by atoms with Crippen molar-refractivity contribution in [1.29, 1.82) is 0 Å². The maximum absolute atomic E-state index is 12.6. The van der Waals surface area contributed by atoms with Crippen molar-refractivity contribution in [2.75, 3.05) is 13.1 Å². The average molecular weight is 394 g/mol. The number of aromatic nitrogens is 3. The SMILES string of the molecule is CC(c1ccccc1OC(F)(F)F)N1CC(CC(=O)c2cn(C3CC3)nn2)C1. The summed E-state index contributed by atoms with van der Waals surface area (Å²) in [5.74, 6) is -0.0551. The maximum atomic E-state index is 12.6. The van der Waals surface area contributed by atoms with Crippen molar-refractivity contribution < 1.29 is 22.7 Å². The summed E-state index contributed by atoms with van der Waals surface area (Å²) in [4.78, 5) is 14.4. The molecular formula is C19H21F3N4O2. The molecule has 1 aromatic heterocycles. The molecule has 2 aliphatic rings. The van der Waals surface area contributed by atoms with Crippen molar-refractivity contribution in [2.45, 2.75) is 44.6 Å². The number of carbonyl (C=O) groups excluding carboxylic acids is 1. The number of alkyl halides is 3. The number of ketones is 1. The fourth-order valence-corrected chi connectivity index (χ4v) is 3.58. The number of carbonyl (C=O) groups is 1. The van der Waals surface area contributed by atoms with Crippen LogP contribution in [0.25, 0.3) is 0 Å². The smallest absolute Gasteiger partial charge is 0.405 e. The summed E-state index contributed by atoms with van der Waals surface area (Å²) in [7, 11) is 0. The first-order valence-electron chi connectivity index (χ1n) is 9.34. The molecule has 1 unspecified atom stereocenters. The van der Waals surface area contributed by atoms with Gasteiger partial charge in [0.15, 0.2) is 5.78 Å². The van der Waals surface area contributed by atoms with Crippen molar-refractivity contribution in [2.24, 2.45) is 5.92 Å². The van der Waals surface area contributed by atoms with E-state index in [1.165, 1.54) is 12.1 Å². The Bertz CT molecular complexity index is 857.